The van der Waals surface area contributed by atoms with Gasteiger partial charge in [-0.2, -0.15) is 0 Å². The molecule has 2 aliphatic carbocycles. The number of hydrogen-bond donors (Lipinski definition) is 3. The Morgan fingerprint density at radius 2 is 1.82 bits per heavy atom. The van der Waals surface area contributed by atoms with Crippen LogP contribution in [0, 0.1) is 5.92 Å². The molecule has 1 saturated carbocycles. The zero-order valence-corrected chi connectivity index (χ0v) is 23.7. The highest BCUT2D eigenvalue weighted by molar-refractivity contribution is 7.88. The zero-order valence-electron chi connectivity index (χ0n) is 22.9. The largest absolute Gasteiger partial charge is 0.368 e. The molecule has 40 heavy (non-hydrogen) atoms. The second-order valence-electron chi connectivity index (χ2n) is 11.5. The average molecular weight is 569 g/mol. The number of carbonyl (C=O) groups excluding carboxylic acids is 2. The summed E-state index contributed by atoms with van der Waals surface area (Å²) in [6, 6.07) is 7.41. The third kappa shape index (κ3) is 7.17. The smallest absolute Gasteiger partial charge is 0.243 e. The number of nitrogens with one attached hydrogen (secondary N) is 2. The molecule has 0 bridgehead atoms. The molecular formula is C29H40N6O4S. The lowest BCUT2D eigenvalue weighted by Crippen LogP contribution is -2.55. The van der Waals surface area contributed by atoms with Gasteiger partial charge in [-0.3, -0.25) is 9.59 Å². The molecule has 0 radical (unpaired) electrons. The number of carbonyl (C=O) groups is 2. The van der Waals surface area contributed by atoms with Crippen LogP contribution in [0.5, 0.6) is 0 Å². The summed E-state index contributed by atoms with van der Waals surface area (Å²) < 4.78 is 29.1. The van der Waals surface area contributed by atoms with E-state index >= 15 is 0 Å². The Morgan fingerprint density at radius 1 is 1.05 bits per heavy atom. The molecule has 1 saturated heterocycles. The number of rotatable bonds is 9. The predicted octanol–water partition coefficient (Wildman–Crippen LogP) is 2.48. The van der Waals surface area contributed by atoms with E-state index in [1.54, 1.807) is 35.4 Å². The molecule has 2 aromatic rings. The Bertz CT molecular complexity index is 1300. The number of aromatic nitrogens is 2. The summed E-state index contributed by atoms with van der Waals surface area (Å²) in [5.74, 6) is -0.124. The molecule has 3 atom stereocenters. The van der Waals surface area contributed by atoms with E-state index in [1.165, 1.54) is 6.42 Å². The molecule has 1 aliphatic heterocycles. The first-order valence-corrected chi connectivity index (χ1v) is 16.2. The summed E-state index contributed by atoms with van der Waals surface area (Å²) in [6.45, 7) is 0.444. The second-order valence-corrected chi connectivity index (χ2v) is 13.2. The van der Waals surface area contributed by atoms with Gasteiger partial charge in [0, 0.05) is 24.5 Å². The second kappa shape index (κ2) is 12.6. The number of anilines is 1. The maximum atomic E-state index is 13.9. The lowest BCUT2D eigenvalue weighted by atomic mass is 9.84. The highest BCUT2D eigenvalue weighted by atomic mass is 32.2. The maximum absolute atomic E-state index is 13.9. The summed E-state index contributed by atoms with van der Waals surface area (Å²) in [7, 11) is -3.77. The van der Waals surface area contributed by atoms with Crippen LogP contribution in [0.3, 0.4) is 0 Å². The molecule has 10 nitrogen and oxygen atoms in total. The number of likely N-dealkylation sites (tertiary alicyclic amines) is 1. The van der Waals surface area contributed by atoms with Crippen LogP contribution in [-0.4, -0.2) is 59.8 Å². The third-order valence-corrected chi connectivity index (χ3v) is 9.82. The number of hydrogen-bond acceptors (Lipinski definition) is 7. The van der Waals surface area contributed by atoms with Crippen LogP contribution in [0.25, 0.3) is 0 Å². The van der Waals surface area contributed by atoms with Crippen molar-refractivity contribution in [1.29, 1.82) is 0 Å². The Hall–Kier alpha value is -3.05. The van der Waals surface area contributed by atoms with Crippen LogP contribution in [0.15, 0.2) is 36.5 Å². The fourth-order valence-electron chi connectivity index (χ4n) is 6.45. The van der Waals surface area contributed by atoms with E-state index in [-0.39, 0.29) is 35.5 Å². The van der Waals surface area contributed by atoms with E-state index in [9.17, 15) is 18.0 Å². The normalized spacial score (nSPS) is 22.4. The van der Waals surface area contributed by atoms with Crippen LogP contribution >= 0.6 is 0 Å². The van der Waals surface area contributed by atoms with Gasteiger partial charge >= 0.3 is 0 Å². The lowest BCUT2D eigenvalue weighted by Gasteiger charge is -2.32. The summed E-state index contributed by atoms with van der Waals surface area (Å²) >= 11 is 0. The number of nitrogens with zero attached hydrogens (tertiary/aromatic N) is 3. The van der Waals surface area contributed by atoms with E-state index in [2.05, 4.69) is 20.0 Å². The van der Waals surface area contributed by atoms with Crippen LogP contribution in [0.4, 0.5) is 5.95 Å². The molecule has 2 fully saturated rings. The number of amides is 2. The van der Waals surface area contributed by atoms with Crippen molar-refractivity contribution in [2.24, 2.45) is 5.92 Å². The maximum Gasteiger partial charge on any atom is 0.243 e. The number of aryl methyl sites for hydroxylation is 1. The fourth-order valence-corrected chi connectivity index (χ4v) is 7.80. The summed E-state index contributed by atoms with van der Waals surface area (Å²) in [5, 5.41) is 3.14. The topological polar surface area (TPSA) is 147 Å². The molecule has 11 heteroatoms. The molecule has 216 valence electrons. The highest BCUT2D eigenvalue weighted by Gasteiger charge is 2.40. The number of benzene rings is 1. The average Bonchev–Trinajstić information content (AvgIpc) is 3.43. The summed E-state index contributed by atoms with van der Waals surface area (Å²) in [6.07, 6.45) is 10.9. The van der Waals surface area contributed by atoms with Gasteiger partial charge in [-0.1, -0.05) is 62.4 Å². The van der Waals surface area contributed by atoms with Crippen molar-refractivity contribution in [3.63, 3.8) is 0 Å². The Kier molecular flexibility index (Phi) is 9.00. The van der Waals surface area contributed by atoms with Crippen LogP contribution in [-0.2, 0) is 38.2 Å². The van der Waals surface area contributed by atoms with Crippen LogP contribution < -0.4 is 15.8 Å². The Balaban J connectivity index is 1.27. The van der Waals surface area contributed by atoms with Gasteiger partial charge in [0.05, 0.1) is 5.75 Å². The number of nitrogens with two attached hydrogens (primary N) is 1. The van der Waals surface area contributed by atoms with E-state index in [0.717, 1.165) is 43.4 Å². The van der Waals surface area contributed by atoms with Gasteiger partial charge in [0.15, 0.2) is 0 Å². The molecule has 4 N–H and O–H groups in total. The molecule has 1 aromatic carbocycles. The van der Waals surface area contributed by atoms with Crippen LogP contribution in [0.2, 0.25) is 0 Å². The standard InChI is InChI=1S/C29H40N6O4S/c30-29-31-18-22-17-23(13-14-24(22)33-29)32-27(36)26-12-7-15-35(26)28(37)25(16-20-8-3-1-4-9-20)34-40(38,39)19-21-10-5-2-6-11-21/h2,5-6,10-11,18,20,23,25-26,34H,1,3-4,7-9,12-17,19H2,(H,32,36)(H2,30,31,33)/t23?,25-,26+/m1/s1. The first kappa shape index (κ1) is 28.5. The Morgan fingerprint density at radius 3 is 2.60 bits per heavy atom. The quantitative estimate of drug-likeness (QED) is 0.421. The summed E-state index contributed by atoms with van der Waals surface area (Å²) in [4.78, 5) is 37.4. The van der Waals surface area contributed by atoms with Crippen molar-refractivity contribution in [3.8, 4) is 0 Å². The van der Waals surface area contributed by atoms with Crippen LogP contribution in [0.1, 0.15) is 74.6 Å². The molecule has 2 amide bonds. The van der Waals surface area contributed by atoms with Crippen molar-refractivity contribution >= 4 is 27.8 Å². The minimum absolute atomic E-state index is 0.0767. The minimum Gasteiger partial charge on any atom is -0.368 e. The highest BCUT2D eigenvalue weighted by Crippen LogP contribution is 2.29. The van der Waals surface area contributed by atoms with Gasteiger partial charge in [-0.05, 0) is 55.6 Å². The van der Waals surface area contributed by atoms with Crippen molar-refractivity contribution in [1.82, 2.24) is 24.9 Å². The summed E-state index contributed by atoms with van der Waals surface area (Å²) in [5.41, 5.74) is 8.28. The number of sulfonamides is 1. The zero-order chi connectivity index (χ0) is 28.1. The van der Waals surface area contributed by atoms with Crippen molar-refractivity contribution in [3.05, 3.63) is 53.3 Å². The molecule has 1 unspecified atom stereocenters. The number of fused-ring (bicyclic) bond motifs is 1. The first-order chi connectivity index (χ1) is 19.3. The van der Waals surface area contributed by atoms with Gasteiger partial charge in [0.25, 0.3) is 0 Å². The van der Waals surface area contributed by atoms with E-state index in [4.69, 9.17) is 5.73 Å². The van der Waals surface area contributed by atoms with Crippen molar-refractivity contribution in [2.45, 2.75) is 94.5 Å². The van der Waals surface area contributed by atoms with Gasteiger partial charge in [0.2, 0.25) is 27.8 Å². The molecule has 0 spiro atoms. The first-order valence-electron chi connectivity index (χ1n) is 14.5. The van der Waals surface area contributed by atoms with E-state index in [1.807, 2.05) is 6.07 Å². The van der Waals surface area contributed by atoms with Gasteiger partial charge in [0.1, 0.15) is 12.1 Å². The van der Waals surface area contributed by atoms with E-state index in [0.29, 0.717) is 44.2 Å². The monoisotopic (exact) mass is 568 g/mol. The predicted molar refractivity (Wildman–Crippen MR) is 152 cm³/mol. The molecular weight excluding hydrogens is 528 g/mol. The van der Waals surface area contributed by atoms with Gasteiger partial charge < -0.3 is 16.0 Å². The number of nitrogen functional groups attached to an aromatic ring is 1. The van der Waals surface area contributed by atoms with E-state index < -0.39 is 22.1 Å². The molecule has 3 aliphatic rings. The minimum atomic E-state index is -3.77. The third-order valence-electron chi connectivity index (χ3n) is 8.47. The Labute approximate surface area is 236 Å². The molecule has 5 rings (SSSR count). The lowest BCUT2D eigenvalue weighted by molar-refractivity contribution is -0.140. The van der Waals surface area contributed by atoms with Gasteiger partial charge in [-0.15, -0.1) is 0 Å². The SMILES string of the molecule is Nc1ncc2c(n1)CCC(NC(=O)[C@@H]1CCCN1C(=O)[C@@H](CC1CCCCC1)NS(=O)(=O)Cc1ccccc1)C2. The fraction of sp³-hybridized carbons (Fsp3) is 0.586. The van der Waals surface area contributed by atoms with Crippen molar-refractivity contribution < 1.29 is 18.0 Å². The molecule has 1 aromatic heterocycles. The van der Waals surface area contributed by atoms with Crippen molar-refractivity contribution in [2.75, 3.05) is 12.3 Å². The molecule has 2 heterocycles. The van der Waals surface area contributed by atoms with Gasteiger partial charge in [-0.25, -0.2) is 23.1 Å².